The molecule has 0 fully saturated rings. The van der Waals surface area contributed by atoms with E-state index in [1.807, 2.05) is 30.3 Å². The van der Waals surface area contributed by atoms with Crippen LogP contribution >= 0.6 is 0 Å². The number of benzene rings is 2. The molecule has 6 heteroatoms. The number of rotatable bonds is 6. The SMILES string of the molecule is O=C(CCNC(=O)c1ccoc1)Nc1ccc(-c2ccccc2)cc1F. The average Bonchev–Trinajstić information content (AvgIpc) is 3.19. The molecule has 1 aromatic heterocycles. The van der Waals surface area contributed by atoms with Gasteiger partial charge in [-0.2, -0.15) is 0 Å². The molecule has 0 aliphatic rings. The monoisotopic (exact) mass is 352 g/mol. The van der Waals surface area contributed by atoms with E-state index in [1.165, 1.54) is 30.7 Å². The summed E-state index contributed by atoms with van der Waals surface area (Å²) < 4.78 is 19.1. The van der Waals surface area contributed by atoms with Crippen molar-refractivity contribution in [1.29, 1.82) is 0 Å². The Balaban J connectivity index is 1.53. The minimum Gasteiger partial charge on any atom is -0.472 e. The zero-order valence-corrected chi connectivity index (χ0v) is 13.9. The quantitative estimate of drug-likeness (QED) is 0.708. The fourth-order valence-electron chi connectivity index (χ4n) is 2.42. The molecule has 2 aromatic carbocycles. The largest absolute Gasteiger partial charge is 0.472 e. The van der Waals surface area contributed by atoms with E-state index in [-0.39, 0.29) is 30.5 Å². The van der Waals surface area contributed by atoms with Crippen LogP contribution in [0, 0.1) is 5.82 Å². The maximum atomic E-state index is 14.2. The summed E-state index contributed by atoms with van der Waals surface area (Å²) in [6.45, 7) is 0.138. The van der Waals surface area contributed by atoms with Crippen LogP contribution in [0.25, 0.3) is 11.1 Å². The Morgan fingerprint density at radius 1 is 1.00 bits per heavy atom. The molecular weight excluding hydrogens is 335 g/mol. The van der Waals surface area contributed by atoms with E-state index in [1.54, 1.807) is 6.07 Å². The molecule has 0 aliphatic carbocycles. The molecule has 3 rings (SSSR count). The zero-order valence-electron chi connectivity index (χ0n) is 13.9. The van der Waals surface area contributed by atoms with E-state index in [9.17, 15) is 14.0 Å². The molecule has 0 unspecified atom stereocenters. The van der Waals surface area contributed by atoms with Crippen LogP contribution in [-0.4, -0.2) is 18.4 Å². The lowest BCUT2D eigenvalue weighted by Gasteiger charge is -2.09. The molecule has 3 aromatic rings. The predicted octanol–water partition coefficient (Wildman–Crippen LogP) is 3.84. The number of furan rings is 1. The Kier molecular flexibility index (Phi) is 5.43. The van der Waals surface area contributed by atoms with Crippen molar-refractivity contribution in [1.82, 2.24) is 5.32 Å². The highest BCUT2D eigenvalue weighted by atomic mass is 19.1. The van der Waals surface area contributed by atoms with Crippen LogP contribution in [0.2, 0.25) is 0 Å². The number of anilines is 1. The first-order valence-corrected chi connectivity index (χ1v) is 8.09. The van der Waals surface area contributed by atoms with Gasteiger partial charge < -0.3 is 15.1 Å². The number of hydrogen-bond donors (Lipinski definition) is 2. The van der Waals surface area contributed by atoms with Gasteiger partial charge in [0, 0.05) is 13.0 Å². The van der Waals surface area contributed by atoms with E-state index in [0.717, 1.165) is 11.1 Å². The summed E-state index contributed by atoms with van der Waals surface area (Å²) in [5.41, 5.74) is 2.11. The van der Waals surface area contributed by atoms with Crippen molar-refractivity contribution in [2.45, 2.75) is 6.42 Å². The number of halogens is 1. The second kappa shape index (κ2) is 8.11. The van der Waals surface area contributed by atoms with Gasteiger partial charge in [0.05, 0.1) is 17.5 Å². The Morgan fingerprint density at radius 2 is 1.81 bits per heavy atom. The van der Waals surface area contributed by atoms with Crippen LogP contribution < -0.4 is 10.6 Å². The van der Waals surface area contributed by atoms with Crippen LogP contribution in [0.15, 0.2) is 71.5 Å². The molecule has 132 valence electrons. The Labute approximate surface area is 149 Å². The molecule has 0 aliphatic heterocycles. The molecule has 0 atom stereocenters. The topological polar surface area (TPSA) is 71.3 Å². The molecule has 2 N–H and O–H groups in total. The van der Waals surface area contributed by atoms with Gasteiger partial charge in [0.1, 0.15) is 12.1 Å². The average molecular weight is 352 g/mol. The zero-order chi connectivity index (χ0) is 18.4. The van der Waals surface area contributed by atoms with Gasteiger partial charge in [-0.05, 0) is 29.3 Å². The molecule has 26 heavy (non-hydrogen) atoms. The van der Waals surface area contributed by atoms with E-state index in [2.05, 4.69) is 10.6 Å². The Hall–Kier alpha value is -3.41. The third-order valence-electron chi connectivity index (χ3n) is 3.77. The van der Waals surface area contributed by atoms with Crippen molar-refractivity contribution in [3.05, 3.63) is 78.5 Å². The highest BCUT2D eigenvalue weighted by Gasteiger charge is 2.10. The lowest BCUT2D eigenvalue weighted by Crippen LogP contribution is -2.27. The molecule has 0 saturated carbocycles. The van der Waals surface area contributed by atoms with E-state index >= 15 is 0 Å². The van der Waals surface area contributed by atoms with Gasteiger partial charge in [0.2, 0.25) is 5.91 Å². The second-order valence-electron chi connectivity index (χ2n) is 5.63. The summed E-state index contributed by atoms with van der Waals surface area (Å²) in [5, 5.41) is 5.11. The summed E-state index contributed by atoms with van der Waals surface area (Å²) in [7, 11) is 0. The standard InChI is InChI=1S/C20H17FN2O3/c21-17-12-15(14-4-2-1-3-5-14)6-7-18(17)23-19(24)8-10-22-20(25)16-9-11-26-13-16/h1-7,9,11-13H,8,10H2,(H,22,25)(H,23,24). The van der Waals surface area contributed by atoms with Crippen molar-refractivity contribution < 1.29 is 18.4 Å². The Bertz CT molecular complexity index is 893. The summed E-state index contributed by atoms with van der Waals surface area (Å²) >= 11 is 0. The van der Waals surface area contributed by atoms with Crippen molar-refractivity contribution in [3.8, 4) is 11.1 Å². The smallest absolute Gasteiger partial charge is 0.254 e. The van der Waals surface area contributed by atoms with Gasteiger partial charge in [-0.1, -0.05) is 36.4 Å². The van der Waals surface area contributed by atoms with Gasteiger partial charge in [0.15, 0.2) is 0 Å². The van der Waals surface area contributed by atoms with Crippen LogP contribution in [0.1, 0.15) is 16.8 Å². The highest BCUT2D eigenvalue weighted by molar-refractivity contribution is 5.95. The van der Waals surface area contributed by atoms with E-state index in [0.29, 0.717) is 5.56 Å². The normalized spacial score (nSPS) is 10.3. The predicted molar refractivity (Wildman–Crippen MR) is 96.1 cm³/mol. The van der Waals surface area contributed by atoms with Crippen molar-refractivity contribution >= 4 is 17.5 Å². The first-order chi connectivity index (χ1) is 12.6. The van der Waals surface area contributed by atoms with Crippen LogP contribution in [-0.2, 0) is 4.79 Å². The summed E-state index contributed by atoms with van der Waals surface area (Å²) in [6, 6.07) is 15.6. The van der Waals surface area contributed by atoms with Gasteiger partial charge in [-0.15, -0.1) is 0 Å². The van der Waals surface area contributed by atoms with Gasteiger partial charge in [-0.25, -0.2) is 4.39 Å². The maximum absolute atomic E-state index is 14.2. The molecular formula is C20H17FN2O3. The van der Waals surface area contributed by atoms with Crippen LogP contribution in [0.5, 0.6) is 0 Å². The maximum Gasteiger partial charge on any atom is 0.254 e. The van der Waals surface area contributed by atoms with Crippen LogP contribution in [0.3, 0.4) is 0 Å². The number of nitrogens with one attached hydrogen (secondary N) is 2. The first-order valence-electron chi connectivity index (χ1n) is 8.09. The third-order valence-corrected chi connectivity index (χ3v) is 3.77. The molecule has 5 nitrogen and oxygen atoms in total. The number of carbonyl (C=O) groups is 2. The number of amides is 2. The van der Waals surface area contributed by atoms with Crippen molar-refractivity contribution in [3.63, 3.8) is 0 Å². The fraction of sp³-hybridized carbons (Fsp3) is 0.100. The second-order valence-corrected chi connectivity index (χ2v) is 5.63. The molecule has 0 radical (unpaired) electrons. The minimum atomic E-state index is -0.512. The minimum absolute atomic E-state index is 0.0312. The Morgan fingerprint density at radius 3 is 2.50 bits per heavy atom. The van der Waals surface area contributed by atoms with Gasteiger partial charge in [-0.3, -0.25) is 9.59 Å². The number of hydrogen-bond acceptors (Lipinski definition) is 3. The lowest BCUT2D eigenvalue weighted by molar-refractivity contribution is -0.116. The van der Waals surface area contributed by atoms with Gasteiger partial charge in [0.25, 0.3) is 5.91 Å². The lowest BCUT2D eigenvalue weighted by atomic mass is 10.1. The highest BCUT2D eigenvalue weighted by Crippen LogP contribution is 2.24. The number of carbonyl (C=O) groups excluding carboxylic acids is 2. The third kappa shape index (κ3) is 4.36. The molecule has 0 bridgehead atoms. The van der Waals surface area contributed by atoms with Crippen molar-refractivity contribution in [2.24, 2.45) is 0 Å². The molecule has 2 amide bonds. The van der Waals surface area contributed by atoms with E-state index < -0.39 is 5.82 Å². The van der Waals surface area contributed by atoms with Gasteiger partial charge >= 0.3 is 0 Å². The molecule has 1 heterocycles. The summed E-state index contributed by atoms with van der Waals surface area (Å²) in [6.07, 6.45) is 2.74. The van der Waals surface area contributed by atoms with Crippen LogP contribution in [0.4, 0.5) is 10.1 Å². The first kappa shape index (κ1) is 17.4. The fourth-order valence-corrected chi connectivity index (χ4v) is 2.42. The molecule has 0 saturated heterocycles. The van der Waals surface area contributed by atoms with E-state index in [4.69, 9.17) is 4.42 Å². The molecule has 0 spiro atoms. The summed E-state index contributed by atoms with van der Waals surface area (Å²) in [5.74, 6) is -1.23. The van der Waals surface area contributed by atoms with Crippen molar-refractivity contribution in [2.75, 3.05) is 11.9 Å². The summed E-state index contributed by atoms with van der Waals surface area (Å²) in [4.78, 5) is 23.6.